The van der Waals surface area contributed by atoms with E-state index in [1.54, 1.807) is 0 Å². The SMILES string of the molecule is CCn1ccc(-c2nnc(SCC(=O)OC)s2)n1. The van der Waals surface area contributed by atoms with Gasteiger partial charge in [0.1, 0.15) is 5.69 Å². The van der Waals surface area contributed by atoms with E-state index in [0.29, 0.717) is 0 Å². The molecule has 0 aliphatic heterocycles. The van der Waals surface area contributed by atoms with Gasteiger partial charge in [0, 0.05) is 12.7 Å². The van der Waals surface area contributed by atoms with Crippen LogP contribution in [-0.4, -0.2) is 38.8 Å². The van der Waals surface area contributed by atoms with E-state index >= 15 is 0 Å². The van der Waals surface area contributed by atoms with Crippen LogP contribution < -0.4 is 0 Å². The smallest absolute Gasteiger partial charge is 0.316 e. The highest BCUT2D eigenvalue weighted by atomic mass is 32.2. The number of ether oxygens (including phenoxy) is 1. The lowest BCUT2D eigenvalue weighted by atomic mass is 10.5. The van der Waals surface area contributed by atoms with Crippen LogP contribution >= 0.6 is 23.1 Å². The first-order valence-electron chi connectivity index (χ1n) is 5.30. The Hall–Kier alpha value is -1.41. The molecule has 6 nitrogen and oxygen atoms in total. The van der Waals surface area contributed by atoms with Crippen molar-refractivity contribution in [2.45, 2.75) is 17.8 Å². The molecule has 2 rings (SSSR count). The molecule has 0 aromatic carbocycles. The first kappa shape index (κ1) is 13.0. The van der Waals surface area contributed by atoms with Gasteiger partial charge in [-0.1, -0.05) is 23.1 Å². The van der Waals surface area contributed by atoms with Gasteiger partial charge in [0.15, 0.2) is 9.35 Å². The Kier molecular flexibility index (Phi) is 4.32. The summed E-state index contributed by atoms with van der Waals surface area (Å²) in [6, 6.07) is 1.90. The fraction of sp³-hybridized carbons (Fsp3) is 0.400. The van der Waals surface area contributed by atoms with E-state index in [9.17, 15) is 4.79 Å². The van der Waals surface area contributed by atoms with Gasteiger partial charge >= 0.3 is 5.97 Å². The lowest BCUT2D eigenvalue weighted by molar-refractivity contribution is -0.137. The zero-order chi connectivity index (χ0) is 13.0. The summed E-state index contributed by atoms with van der Waals surface area (Å²) in [7, 11) is 1.37. The van der Waals surface area contributed by atoms with Crippen LogP contribution in [0.3, 0.4) is 0 Å². The molecule has 0 radical (unpaired) electrons. The molecule has 96 valence electrons. The van der Waals surface area contributed by atoms with Crippen LogP contribution in [0, 0.1) is 0 Å². The monoisotopic (exact) mass is 284 g/mol. The summed E-state index contributed by atoms with van der Waals surface area (Å²) < 4.78 is 7.13. The second-order valence-electron chi connectivity index (χ2n) is 3.29. The van der Waals surface area contributed by atoms with Crippen molar-refractivity contribution in [1.82, 2.24) is 20.0 Å². The van der Waals surface area contributed by atoms with Gasteiger partial charge in [-0.2, -0.15) is 5.10 Å². The first-order chi connectivity index (χ1) is 8.72. The molecule has 2 aromatic rings. The molecule has 0 aliphatic carbocycles. The van der Waals surface area contributed by atoms with Gasteiger partial charge < -0.3 is 4.74 Å². The van der Waals surface area contributed by atoms with Crippen molar-refractivity contribution in [3.05, 3.63) is 12.3 Å². The molecule has 0 bridgehead atoms. The van der Waals surface area contributed by atoms with E-state index in [1.807, 2.05) is 23.9 Å². The van der Waals surface area contributed by atoms with Gasteiger partial charge in [-0.05, 0) is 13.0 Å². The summed E-state index contributed by atoms with van der Waals surface area (Å²) in [4.78, 5) is 11.0. The first-order valence-corrected chi connectivity index (χ1v) is 7.10. The van der Waals surface area contributed by atoms with Gasteiger partial charge in [0.05, 0.1) is 12.9 Å². The average molecular weight is 284 g/mol. The Labute approximate surface area is 112 Å². The van der Waals surface area contributed by atoms with Crippen LogP contribution in [0.4, 0.5) is 0 Å². The van der Waals surface area contributed by atoms with Crippen molar-refractivity contribution in [2.24, 2.45) is 0 Å². The molecule has 2 heterocycles. The molecule has 0 N–H and O–H groups in total. The van der Waals surface area contributed by atoms with Crippen LogP contribution in [0.5, 0.6) is 0 Å². The summed E-state index contributed by atoms with van der Waals surface area (Å²) in [5.74, 6) is -0.0267. The van der Waals surface area contributed by atoms with E-state index in [2.05, 4.69) is 20.0 Å². The van der Waals surface area contributed by atoms with E-state index in [4.69, 9.17) is 0 Å². The minimum atomic E-state index is -0.271. The van der Waals surface area contributed by atoms with Crippen LogP contribution in [0.15, 0.2) is 16.6 Å². The minimum Gasteiger partial charge on any atom is -0.468 e. The van der Waals surface area contributed by atoms with Crippen molar-refractivity contribution in [2.75, 3.05) is 12.9 Å². The Bertz CT molecular complexity index is 537. The maximum atomic E-state index is 11.0. The van der Waals surface area contributed by atoms with Gasteiger partial charge in [-0.3, -0.25) is 9.48 Å². The number of esters is 1. The molecule has 0 saturated heterocycles. The molecule has 2 aromatic heterocycles. The summed E-state index contributed by atoms with van der Waals surface area (Å²) in [5, 5.41) is 13.2. The van der Waals surface area contributed by atoms with Crippen molar-refractivity contribution < 1.29 is 9.53 Å². The maximum Gasteiger partial charge on any atom is 0.316 e. The lowest BCUT2D eigenvalue weighted by Crippen LogP contribution is -2.02. The summed E-state index contributed by atoms with van der Waals surface area (Å²) >= 11 is 2.74. The van der Waals surface area contributed by atoms with Gasteiger partial charge in [-0.15, -0.1) is 10.2 Å². The summed E-state index contributed by atoms with van der Waals surface area (Å²) in [5.41, 5.74) is 0.805. The number of carbonyl (C=O) groups excluding carboxylic acids is 1. The molecule has 0 unspecified atom stereocenters. The molecule has 0 saturated carbocycles. The number of rotatable bonds is 5. The van der Waals surface area contributed by atoms with Crippen LogP contribution in [-0.2, 0) is 16.1 Å². The van der Waals surface area contributed by atoms with Crippen LogP contribution in [0.25, 0.3) is 10.7 Å². The molecule has 8 heteroatoms. The third-order valence-corrected chi connectivity index (χ3v) is 4.18. The maximum absolute atomic E-state index is 11.0. The summed E-state index contributed by atoms with van der Waals surface area (Å²) in [6.45, 7) is 2.84. The highest BCUT2D eigenvalue weighted by Gasteiger charge is 2.11. The zero-order valence-corrected chi connectivity index (χ0v) is 11.6. The molecule has 0 spiro atoms. The minimum absolute atomic E-state index is 0.245. The van der Waals surface area contributed by atoms with Crippen LogP contribution in [0.1, 0.15) is 6.92 Å². The quantitative estimate of drug-likeness (QED) is 0.614. The van der Waals surface area contributed by atoms with Crippen molar-refractivity contribution in [1.29, 1.82) is 0 Å². The number of carbonyl (C=O) groups is 1. The van der Waals surface area contributed by atoms with Crippen LogP contribution in [0.2, 0.25) is 0 Å². The van der Waals surface area contributed by atoms with E-state index < -0.39 is 0 Å². The van der Waals surface area contributed by atoms with Crippen molar-refractivity contribution in [3.8, 4) is 10.7 Å². The molecular formula is C10H12N4O2S2. The third-order valence-electron chi connectivity index (χ3n) is 2.13. The highest BCUT2D eigenvalue weighted by Crippen LogP contribution is 2.28. The molecule has 0 fully saturated rings. The Morgan fingerprint density at radius 1 is 1.56 bits per heavy atom. The third kappa shape index (κ3) is 3.08. The second kappa shape index (κ2) is 5.96. The molecule has 0 amide bonds. The van der Waals surface area contributed by atoms with E-state index in [1.165, 1.54) is 30.2 Å². The molecular weight excluding hydrogens is 272 g/mol. The van der Waals surface area contributed by atoms with E-state index in [-0.39, 0.29) is 11.7 Å². The number of nitrogens with zero attached hydrogens (tertiary/aromatic N) is 4. The van der Waals surface area contributed by atoms with E-state index in [0.717, 1.165) is 21.6 Å². The van der Waals surface area contributed by atoms with Gasteiger partial charge in [0.25, 0.3) is 0 Å². The zero-order valence-electron chi connectivity index (χ0n) is 9.99. The van der Waals surface area contributed by atoms with Gasteiger partial charge in [0.2, 0.25) is 0 Å². The number of hydrogen-bond acceptors (Lipinski definition) is 7. The Balaban J connectivity index is 2.03. The van der Waals surface area contributed by atoms with Gasteiger partial charge in [-0.25, -0.2) is 0 Å². The normalized spacial score (nSPS) is 10.6. The number of hydrogen-bond donors (Lipinski definition) is 0. The highest BCUT2D eigenvalue weighted by molar-refractivity contribution is 8.01. The second-order valence-corrected chi connectivity index (χ2v) is 5.49. The number of methoxy groups -OCH3 is 1. The molecule has 0 atom stereocenters. The molecule has 0 aliphatic rings. The number of aromatic nitrogens is 4. The average Bonchev–Trinajstić information content (AvgIpc) is 3.03. The Morgan fingerprint density at radius 2 is 2.39 bits per heavy atom. The fourth-order valence-electron chi connectivity index (χ4n) is 1.20. The largest absolute Gasteiger partial charge is 0.468 e. The van der Waals surface area contributed by atoms with Crippen molar-refractivity contribution in [3.63, 3.8) is 0 Å². The number of thioether (sulfide) groups is 1. The standard InChI is InChI=1S/C10H12N4O2S2/c1-3-14-5-4-7(13-14)9-11-12-10(18-9)17-6-8(15)16-2/h4-5H,3,6H2,1-2H3. The van der Waals surface area contributed by atoms with Crippen molar-refractivity contribution >= 4 is 29.1 Å². The topological polar surface area (TPSA) is 69.9 Å². The molecule has 18 heavy (non-hydrogen) atoms. The lowest BCUT2D eigenvalue weighted by Gasteiger charge is -1.94. The Morgan fingerprint density at radius 3 is 3.06 bits per heavy atom. The predicted molar refractivity (Wildman–Crippen MR) is 69.5 cm³/mol. The fourth-order valence-corrected chi connectivity index (χ4v) is 2.85. The summed E-state index contributed by atoms with van der Waals surface area (Å²) in [6.07, 6.45) is 1.90. The predicted octanol–water partition coefficient (Wildman–Crippen LogP) is 1.69. The number of aryl methyl sites for hydroxylation is 1.